The highest BCUT2D eigenvalue weighted by Gasteiger charge is 1.17. The average molecular weight is 70.1 g/mol. The molecule has 0 aliphatic rings. The van der Waals surface area contributed by atoms with Gasteiger partial charge in [-0.1, -0.05) is 0 Å². The lowest BCUT2D eigenvalue weighted by molar-refractivity contribution is 1.49. The number of hydrogen-bond acceptors (Lipinski definition) is 2. The summed E-state index contributed by atoms with van der Waals surface area (Å²) < 4.78 is 0. The third-order valence-electron chi connectivity index (χ3n) is 0. The smallest absolute Gasteiger partial charge is 0.0587 e. The van der Waals surface area contributed by atoms with E-state index in [1.807, 2.05) is 0 Å². The lowest BCUT2D eigenvalue weighted by atomic mass is 11.0. The van der Waals surface area contributed by atoms with Gasteiger partial charge in [-0.2, -0.15) is 5.26 Å². The van der Waals surface area contributed by atoms with Gasteiger partial charge in [0.15, 0.2) is 0 Å². The molecule has 0 spiro atoms. The second kappa shape index (κ2) is 576. The van der Waals surface area contributed by atoms with Gasteiger partial charge in [0, 0.05) is 6.92 Å². The molecule has 0 rings (SSSR count). The molecule has 0 saturated carbocycles. The lowest BCUT2D eigenvalue weighted by Gasteiger charge is -1.15. The van der Waals surface area contributed by atoms with Gasteiger partial charge in [-0.15, -0.1) is 0 Å². The van der Waals surface area contributed by atoms with Crippen molar-refractivity contribution >= 4 is 6.72 Å². The van der Waals surface area contributed by atoms with Crippen LogP contribution in [-0.4, -0.2) is 6.72 Å². The minimum atomic E-state index is 1.43. The first-order valence-electron chi connectivity index (χ1n) is 1.08. The molecule has 0 amide bonds. The van der Waals surface area contributed by atoms with E-state index in [9.17, 15) is 0 Å². The van der Waals surface area contributed by atoms with Crippen molar-refractivity contribution in [1.29, 1.82) is 10.7 Å². The van der Waals surface area contributed by atoms with Crippen LogP contribution in [0.4, 0.5) is 0 Å². The second-order valence-electron chi connectivity index (χ2n) is 0.224. The maximum absolute atomic E-state index is 7.32. The van der Waals surface area contributed by atoms with Crippen LogP contribution in [0.1, 0.15) is 6.92 Å². The molecule has 0 unspecified atom stereocenters. The van der Waals surface area contributed by atoms with Crippen LogP contribution in [0.3, 0.4) is 0 Å². The quantitative estimate of drug-likeness (QED) is 0.421. The lowest BCUT2D eigenvalue weighted by Crippen LogP contribution is -1.10. The van der Waals surface area contributed by atoms with Crippen molar-refractivity contribution in [2.24, 2.45) is 0 Å². The molecule has 0 aromatic carbocycles. The van der Waals surface area contributed by atoms with Crippen molar-refractivity contribution in [3.8, 4) is 6.07 Å². The third-order valence-corrected chi connectivity index (χ3v) is 0. The molecular weight excluding hydrogens is 64.0 g/mol. The molecule has 0 radical (unpaired) electrons. The van der Waals surface area contributed by atoms with E-state index in [4.69, 9.17) is 10.7 Å². The van der Waals surface area contributed by atoms with Crippen LogP contribution in [-0.2, 0) is 0 Å². The number of nitrogens with one attached hydrogen (secondary N) is 1. The highest BCUT2D eigenvalue weighted by molar-refractivity contribution is 5.15. The average Bonchev–Trinajstić information content (AvgIpc) is 1.46. The molecule has 0 aromatic heterocycles. The van der Waals surface area contributed by atoms with Gasteiger partial charge in [0.2, 0.25) is 0 Å². The molecule has 28 valence electrons. The molecule has 2 nitrogen and oxygen atoms in total. The predicted octanol–water partition coefficient (Wildman–Crippen LogP) is 0.796. The maximum Gasteiger partial charge on any atom is 0.0587 e. The summed E-state index contributed by atoms with van der Waals surface area (Å²) in [5.74, 6) is 0. The van der Waals surface area contributed by atoms with Crippen LogP contribution < -0.4 is 0 Å². The predicted molar refractivity (Wildman–Crippen MR) is 21.1 cm³/mol. The number of rotatable bonds is 0. The van der Waals surface area contributed by atoms with E-state index in [1.54, 1.807) is 6.07 Å². The molecule has 0 bridgehead atoms. The van der Waals surface area contributed by atoms with Crippen molar-refractivity contribution < 1.29 is 0 Å². The Balaban J connectivity index is 0. The molecule has 0 fully saturated rings. The van der Waals surface area contributed by atoms with Crippen LogP contribution in [0.25, 0.3) is 0 Å². The summed E-state index contributed by atoms with van der Waals surface area (Å²) in [4.78, 5) is 0. The van der Waals surface area contributed by atoms with Gasteiger partial charge in [-0.25, -0.2) is 0 Å². The van der Waals surface area contributed by atoms with E-state index in [1.165, 1.54) is 6.92 Å². The highest BCUT2D eigenvalue weighted by atomic mass is 14.2. The zero-order chi connectivity index (χ0) is 4.71. The Morgan fingerprint density at radius 2 is 1.80 bits per heavy atom. The van der Waals surface area contributed by atoms with Crippen molar-refractivity contribution in [1.82, 2.24) is 0 Å². The molecule has 0 aromatic rings. The summed E-state index contributed by atoms with van der Waals surface area (Å²) in [6, 6.07) is 1.75. The van der Waals surface area contributed by atoms with E-state index < -0.39 is 0 Å². The Kier molecular flexibility index (Phi) is 1030. The summed E-state index contributed by atoms with van der Waals surface area (Å²) in [5.41, 5.74) is 0. The minimum absolute atomic E-state index is 1.43. The van der Waals surface area contributed by atoms with Gasteiger partial charge in [-0.05, 0) is 6.72 Å². The Labute approximate surface area is 31.6 Å². The normalized spacial score (nSPS) is 2.40. The van der Waals surface area contributed by atoms with Gasteiger partial charge in [0.25, 0.3) is 0 Å². The molecule has 2 heteroatoms. The topological polar surface area (TPSA) is 47.6 Å². The van der Waals surface area contributed by atoms with Crippen molar-refractivity contribution in [2.75, 3.05) is 0 Å². The summed E-state index contributed by atoms with van der Waals surface area (Å²) >= 11 is 0. The molecular formula is C3H6N2. The Bertz CT molecular complexity index is 34.6. The first-order chi connectivity index (χ1) is 2.41. The molecule has 0 heterocycles. The van der Waals surface area contributed by atoms with Gasteiger partial charge in [0.05, 0.1) is 6.07 Å². The molecule has 5 heavy (non-hydrogen) atoms. The van der Waals surface area contributed by atoms with Crippen LogP contribution in [0.5, 0.6) is 0 Å². The summed E-state index contributed by atoms with van der Waals surface area (Å²) in [6.07, 6.45) is 0. The SMILES string of the molecule is C=N.CC#N. The van der Waals surface area contributed by atoms with Gasteiger partial charge in [-0.3, -0.25) is 0 Å². The fourth-order valence-electron chi connectivity index (χ4n) is 0. The summed E-state index contributed by atoms with van der Waals surface area (Å²) in [6.45, 7) is 3.93. The standard InChI is InChI=1S/C2H3N.CH3N/c1-2-3;1-2/h1H3;2H,1H2. The molecule has 0 atom stereocenters. The first kappa shape index (κ1) is 8.90. The minimum Gasteiger partial charge on any atom is -0.317 e. The van der Waals surface area contributed by atoms with Gasteiger partial charge < -0.3 is 5.41 Å². The maximum atomic E-state index is 7.32. The fourth-order valence-corrected chi connectivity index (χ4v) is 0. The molecule has 0 aliphatic heterocycles. The Morgan fingerprint density at radius 3 is 1.80 bits per heavy atom. The van der Waals surface area contributed by atoms with Gasteiger partial charge in [0.1, 0.15) is 0 Å². The van der Waals surface area contributed by atoms with Gasteiger partial charge >= 0.3 is 0 Å². The van der Waals surface area contributed by atoms with E-state index in [0.29, 0.717) is 0 Å². The summed E-state index contributed by atoms with van der Waals surface area (Å²) in [5, 5.41) is 12.8. The van der Waals surface area contributed by atoms with E-state index in [-0.39, 0.29) is 0 Å². The van der Waals surface area contributed by atoms with E-state index in [2.05, 4.69) is 6.72 Å². The van der Waals surface area contributed by atoms with Crippen molar-refractivity contribution in [3.05, 3.63) is 0 Å². The van der Waals surface area contributed by atoms with E-state index in [0.717, 1.165) is 0 Å². The third kappa shape index (κ3) is 6.03. The largest absolute Gasteiger partial charge is 0.317 e. The van der Waals surface area contributed by atoms with Crippen molar-refractivity contribution in [2.45, 2.75) is 6.92 Å². The van der Waals surface area contributed by atoms with Crippen LogP contribution in [0.2, 0.25) is 0 Å². The number of nitriles is 1. The highest BCUT2D eigenvalue weighted by Crippen LogP contribution is 1.21. The fraction of sp³-hybridized carbons (Fsp3) is 0.333. The zero-order valence-electron chi connectivity index (χ0n) is 3.15. The van der Waals surface area contributed by atoms with Crippen LogP contribution >= 0.6 is 0 Å². The molecule has 0 saturated heterocycles. The number of nitrogens with zero attached hydrogens (tertiary/aromatic N) is 1. The Morgan fingerprint density at radius 1 is 1.80 bits per heavy atom. The zero-order valence-corrected chi connectivity index (χ0v) is 3.15. The van der Waals surface area contributed by atoms with Crippen LogP contribution in [0, 0.1) is 16.7 Å². The van der Waals surface area contributed by atoms with Crippen molar-refractivity contribution in [3.63, 3.8) is 0 Å². The second-order valence-corrected chi connectivity index (χ2v) is 0.224. The van der Waals surface area contributed by atoms with Crippen LogP contribution in [0.15, 0.2) is 0 Å². The first-order valence-corrected chi connectivity index (χ1v) is 1.08. The monoisotopic (exact) mass is 70.1 g/mol. The van der Waals surface area contributed by atoms with E-state index >= 15 is 0 Å². The Hall–Kier alpha value is -0.840. The molecule has 0 aliphatic carbocycles. The molecule has 1 N–H and O–H groups in total. The summed E-state index contributed by atoms with van der Waals surface area (Å²) in [7, 11) is 0. The number of hydrogen-bond donors (Lipinski definition) is 1.